The molecule has 1 unspecified atom stereocenters. The van der Waals surface area contributed by atoms with Crippen molar-refractivity contribution in [3.8, 4) is 0 Å². The molecular weight excluding hydrogens is 256 g/mol. The van der Waals surface area contributed by atoms with Gasteiger partial charge < -0.3 is 15.0 Å². The largest absolute Gasteiger partial charge is 0.379 e. The minimum atomic E-state index is 0.300. The standard InChI is InChI=1S/C14H26N4O2/c19-14(18-5-2-15-3-6-18)12-16-4-1-13(11-16)17-7-9-20-10-8-17/h13,15H,1-12H2. The Kier molecular flexibility index (Phi) is 4.88. The lowest BCUT2D eigenvalue weighted by molar-refractivity contribution is -0.132. The van der Waals surface area contributed by atoms with Crippen molar-refractivity contribution >= 4 is 5.91 Å². The number of morpholine rings is 1. The number of rotatable bonds is 3. The van der Waals surface area contributed by atoms with Crippen molar-refractivity contribution in [1.82, 2.24) is 20.0 Å². The lowest BCUT2D eigenvalue weighted by atomic mass is 10.2. The number of carbonyl (C=O) groups is 1. The van der Waals surface area contributed by atoms with E-state index in [-0.39, 0.29) is 0 Å². The summed E-state index contributed by atoms with van der Waals surface area (Å²) < 4.78 is 5.41. The third-order valence-electron chi connectivity index (χ3n) is 4.64. The van der Waals surface area contributed by atoms with Gasteiger partial charge in [0, 0.05) is 58.4 Å². The summed E-state index contributed by atoms with van der Waals surface area (Å²) in [5.74, 6) is 0.300. The highest BCUT2D eigenvalue weighted by molar-refractivity contribution is 5.78. The van der Waals surface area contributed by atoms with Gasteiger partial charge in [0.15, 0.2) is 0 Å². The number of piperazine rings is 1. The van der Waals surface area contributed by atoms with Crippen LogP contribution in [0.3, 0.4) is 0 Å². The Morgan fingerprint density at radius 1 is 1.10 bits per heavy atom. The molecule has 1 atom stereocenters. The van der Waals surface area contributed by atoms with Crippen LogP contribution in [0, 0.1) is 0 Å². The molecule has 3 rings (SSSR count). The van der Waals surface area contributed by atoms with Crippen molar-refractivity contribution in [3.05, 3.63) is 0 Å². The van der Waals surface area contributed by atoms with Gasteiger partial charge in [0.25, 0.3) is 0 Å². The molecule has 0 aliphatic carbocycles. The summed E-state index contributed by atoms with van der Waals surface area (Å²) in [5.41, 5.74) is 0. The fraction of sp³-hybridized carbons (Fsp3) is 0.929. The predicted octanol–water partition coefficient (Wildman–Crippen LogP) is -1.18. The Hall–Kier alpha value is -0.690. The number of nitrogens with zero attached hydrogens (tertiary/aromatic N) is 3. The quantitative estimate of drug-likeness (QED) is 0.706. The number of carbonyl (C=O) groups excluding carboxylic acids is 1. The van der Waals surface area contributed by atoms with Gasteiger partial charge in [-0.2, -0.15) is 0 Å². The normalized spacial score (nSPS) is 29.8. The molecule has 3 fully saturated rings. The Balaban J connectivity index is 1.43. The fourth-order valence-electron chi connectivity index (χ4n) is 3.40. The van der Waals surface area contributed by atoms with Crippen LogP contribution in [0.15, 0.2) is 0 Å². The van der Waals surface area contributed by atoms with E-state index in [1.54, 1.807) is 0 Å². The SMILES string of the molecule is O=C(CN1CCC(N2CCOCC2)C1)N1CCNCC1. The van der Waals surface area contributed by atoms with Crippen LogP contribution in [0.2, 0.25) is 0 Å². The number of likely N-dealkylation sites (tertiary alicyclic amines) is 1. The van der Waals surface area contributed by atoms with Gasteiger partial charge in [0.2, 0.25) is 5.91 Å². The second-order valence-electron chi connectivity index (χ2n) is 5.96. The predicted molar refractivity (Wildman–Crippen MR) is 76.7 cm³/mol. The molecule has 3 heterocycles. The summed E-state index contributed by atoms with van der Waals surface area (Å²) >= 11 is 0. The summed E-state index contributed by atoms with van der Waals surface area (Å²) in [4.78, 5) is 19.1. The number of nitrogens with one attached hydrogen (secondary N) is 1. The van der Waals surface area contributed by atoms with Crippen LogP contribution in [0.1, 0.15) is 6.42 Å². The molecule has 1 N–H and O–H groups in total. The summed E-state index contributed by atoms with van der Waals surface area (Å²) in [7, 11) is 0. The van der Waals surface area contributed by atoms with Gasteiger partial charge >= 0.3 is 0 Å². The Morgan fingerprint density at radius 3 is 2.60 bits per heavy atom. The van der Waals surface area contributed by atoms with E-state index < -0.39 is 0 Å². The van der Waals surface area contributed by atoms with Gasteiger partial charge in [-0.15, -0.1) is 0 Å². The highest BCUT2D eigenvalue weighted by Crippen LogP contribution is 2.16. The van der Waals surface area contributed by atoms with E-state index >= 15 is 0 Å². The molecule has 1 amide bonds. The maximum atomic E-state index is 12.3. The maximum absolute atomic E-state index is 12.3. The molecule has 3 aliphatic rings. The van der Waals surface area contributed by atoms with Crippen LogP contribution in [0.5, 0.6) is 0 Å². The first-order valence-corrected chi connectivity index (χ1v) is 7.85. The van der Waals surface area contributed by atoms with Crippen LogP contribution in [0.4, 0.5) is 0 Å². The second-order valence-corrected chi connectivity index (χ2v) is 5.96. The monoisotopic (exact) mass is 282 g/mol. The second kappa shape index (κ2) is 6.85. The van der Waals surface area contributed by atoms with E-state index in [1.807, 2.05) is 4.90 Å². The van der Waals surface area contributed by atoms with Crippen molar-refractivity contribution in [2.75, 3.05) is 72.1 Å². The summed E-state index contributed by atoms with van der Waals surface area (Å²) in [6, 6.07) is 0.620. The summed E-state index contributed by atoms with van der Waals surface area (Å²) in [6.45, 7) is 10.1. The average molecular weight is 282 g/mol. The molecule has 6 nitrogen and oxygen atoms in total. The lowest BCUT2D eigenvalue weighted by Gasteiger charge is -2.32. The first-order chi connectivity index (χ1) is 9.83. The van der Waals surface area contributed by atoms with Crippen molar-refractivity contribution in [3.63, 3.8) is 0 Å². The first-order valence-electron chi connectivity index (χ1n) is 7.85. The van der Waals surface area contributed by atoms with Crippen molar-refractivity contribution < 1.29 is 9.53 Å². The average Bonchev–Trinajstić information content (AvgIpc) is 2.97. The van der Waals surface area contributed by atoms with E-state index in [0.717, 1.165) is 65.6 Å². The molecular formula is C14H26N4O2. The number of ether oxygens (including phenoxy) is 1. The highest BCUT2D eigenvalue weighted by Gasteiger charge is 2.30. The van der Waals surface area contributed by atoms with E-state index in [2.05, 4.69) is 15.1 Å². The van der Waals surface area contributed by atoms with Crippen molar-refractivity contribution in [1.29, 1.82) is 0 Å². The molecule has 114 valence electrons. The van der Waals surface area contributed by atoms with Gasteiger partial charge in [0.1, 0.15) is 0 Å². The fourth-order valence-corrected chi connectivity index (χ4v) is 3.40. The van der Waals surface area contributed by atoms with E-state index in [4.69, 9.17) is 4.74 Å². The highest BCUT2D eigenvalue weighted by atomic mass is 16.5. The summed E-state index contributed by atoms with van der Waals surface area (Å²) in [5, 5.41) is 3.29. The Labute approximate surface area is 121 Å². The molecule has 0 bridgehead atoms. The number of hydrogen-bond donors (Lipinski definition) is 1. The van der Waals surface area contributed by atoms with Crippen molar-refractivity contribution in [2.45, 2.75) is 12.5 Å². The molecule has 0 spiro atoms. The van der Waals surface area contributed by atoms with Crippen molar-refractivity contribution in [2.24, 2.45) is 0 Å². The van der Waals surface area contributed by atoms with Crippen LogP contribution in [0.25, 0.3) is 0 Å². The first kappa shape index (κ1) is 14.3. The zero-order valence-corrected chi connectivity index (χ0v) is 12.2. The van der Waals surface area contributed by atoms with E-state index in [0.29, 0.717) is 18.5 Å². The Bertz CT molecular complexity index is 327. The zero-order valence-electron chi connectivity index (χ0n) is 12.2. The van der Waals surface area contributed by atoms with Gasteiger partial charge in [-0.25, -0.2) is 0 Å². The van der Waals surface area contributed by atoms with Crippen LogP contribution in [-0.2, 0) is 9.53 Å². The maximum Gasteiger partial charge on any atom is 0.236 e. The minimum absolute atomic E-state index is 0.300. The smallest absolute Gasteiger partial charge is 0.236 e. The van der Waals surface area contributed by atoms with Gasteiger partial charge in [-0.3, -0.25) is 14.6 Å². The van der Waals surface area contributed by atoms with Gasteiger partial charge in [-0.05, 0) is 6.42 Å². The zero-order chi connectivity index (χ0) is 13.8. The molecule has 0 radical (unpaired) electrons. The molecule has 3 aliphatic heterocycles. The lowest BCUT2D eigenvalue weighted by Crippen LogP contribution is -2.50. The molecule has 0 saturated carbocycles. The third-order valence-corrected chi connectivity index (χ3v) is 4.64. The topological polar surface area (TPSA) is 48.1 Å². The molecule has 6 heteroatoms. The van der Waals surface area contributed by atoms with Crippen LogP contribution >= 0.6 is 0 Å². The summed E-state index contributed by atoms with van der Waals surface area (Å²) in [6.07, 6.45) is 1.19. The minimum Gasteiger partial charge on any atom is -0.379 e. The molecule has 0 aromatic rings. The van der Waals surface area contributed by atoms with Crippen LogP contribution < -0.4 is 5.32 Å². The van der Waals surface area contributed by atoms with Crippen LogP contribution in [-0.4, -0.2) is 98.8 Å². The van der Waals surface area contributed by atoms with E-state index in [9.17, 15) is 4.79 Å². The third kappa shape index (κ3) is 3.49. The molecule has 0 aromatic heterocycles. The van der Waals surface area contributed by atoms with E-state index in [1.165, 1.54) is 6.42 Å². The number of amides is 1. The van der Waals surface area contributed by atoms with Gasteiger partial charge in [0.05, 0.1) is 19.8 Å². The van der Waals surface area contributed by atoms with Gasteiger partial charge in [-0.1, -0.05) is 0 Å². The molecule has 3 saturated heterocycles. The molecule has 0 aromatic carbocycles. The Morgan fingerprint density at radius 2 is 1.85 bits per heavy atom. The number of hydrogen-bond acceptors (Lipinski definition) is 5. The molecule has 20 heavy (non-hydrogen) atoms.